The normalized spacial score (nSPS) is 10.4. The number of carbonyl (C=O) groups is 1. The van der Waals surface area contributed by atoms with Crippen molar-refractivity contribution < 1.29 is 13.9 Å². The van der Waals surface area contributed by atoms with Gasteiger partial charge in [0.15, 0.2) is 5.78 Å². The van der Waals surface area contributed by atoms with Crippen LogP contribution in [0, 0.1) is 12.7 Å². The smallest absolute Gasteiger partial charge is 0.163 e. The SMILES string of the molecule is Cc1ccc(OCCCC(=O)c2ccc(F)cc2)c(Br)c1. The summed E-state index contributed by atoms with van der Waals surface area (Å²) < 4.78 is 19.3. The number of benzene rings is 2. The molecule has 2 nitrogen and oxygen atoms in total. The zero-order valence-electron chi connectivity index (χ0n) is 11.7. The van der Waals surface area contributed by atoms with E-state index in [0.717, 1.165) is 15.8 Å². The van der Waals surface area contributed by atoms with Gasteiger partial charge in [0.05, 0.1) is 11.1 Å². The van der Waals surface area contributed by atoms with Crippen LogP contribution in [0.2, 0.25) is 0 Å². The molecule has 110 valence electrons. The molecule has 0 aliphatic carbocycles. The Kier molecular flexibility index (Phi) is 5.51. The number of carbonyl (C=O) groups excluding carboxylic acids is 1. The fraction of sp³-hybridized carbons (Fsp3) is 0.235. The molecule has 2 rings (SSSR count). The van der Waals surface area contributed by atoms with Crippen molar-refractivity contribution in [1.82, 2.24) is 0 Å². The average Bonchev–Trinajstić information content (AvgIpc) is 2.46. The number of hydrogen-bond donors (Lipinski definition) is 0. The lowest BCUT2D eigenvalue weighted by molar-refractivity contribution is 0.0973. The van der Waals surface area contributed by atoms with Crippen LogP contribution in [-0.4, -0.2) is 12.4 Å². The predicted molar refractivity (Wildman–Crippen MR) is 84.3 cm³/mol. The van der Waals surface area contributed by atoms with E-state index in [2.05, 4.69) is 15.9 Å². The first-order chi connectivity index (χ1) is 10.1. The highest BCUT2D eigenvalue weighted by Crippen LogP contribution is 2.25. The van der Waals surface area contributed by atoms with Crippen LogP contribution in [0.25, 0.3) is 0 Å². The Bertz CT molecular complexity index is 623. The van der Waals surface area contributed by atoms with E-state index >= 15 is 0 Å². The van der Waals surface area contributed by atoms with Crippen molar-refractivity contribution in [2.45, 2.75) is 19.8 Å². The Labute approximate surface area is 132 Å². The number of Topliss-reactive ketones (excluding diaryl/α,β-unsaturated/α-hetero) is 1. The third-order valence-electron chi connectivity index (χ3n) is 3.06. The molecule has 0 unspecified atom stereocenters. The summed E-state index contributed by atoms with van der Waals surface area (Å²) in [4.78, 5) is 11.9. The van der Waals surface area contributed by atoms with Crippen molar-refractivity contribution in [2.24, 2.45) is 0 Å². The minimum atomic E-state index is -0.334. The van der Waals surface area contributed by atoms with Crippen molar-refractivity contribution in [3.05, 3.63) is 63.9 Å². The van der Waals surface area contributed by atoms with Crippen LogP contribution in [0.4, 0.5) is 4.39 Å². The molecule has 0 amide bonds. The Morgan fingerprint density at radius 1 is 1.19 bits per heavy atom. The molecule has 0 N–H and O–H groups in total. The molecule has 0 fully saturated rings. The highest BCUT2D eigenvalue weighted by molar-refractivity contribution is 9.10. The maximum Gasteiger partial charge on any atom is 0.163 e. The van der Waals surface area contributed by atoms with Crippen LogP contribution >= 0.6 is 15.9 Å². The molecule has 0 aliphatic rings. The minimum absolute atomic E-state index is 0.00146. The molecule has 2 aromatic carbocycles. The van der Waals surface area contributed by atoms with E-state index < -0.39 is 0 Å². The van der Waals surface area contributed by atoms with Gasteiger partial charge in [0, 0.05) is 12.0 Å². The van der Waals surface area contributed by atoms with Gasteiger partial charge >= 0.3 is 0 Å². The summed E-state index contributed by atoms with van der Waals surface area (Å²) >= 11 is 3.44. The van der Waals surface area contributed by atoms with Gasteiger partial charge in [-0.25, -0.2) is 4.39 Å². The Hall–Kier alpha value is -1.68. The van der Waals surface area contributed by atoms with Crippen molar-refractivity contribution in [2.75, 3.05) is 6.61 Å². The molecule has 0 radical (unpaired) electrons. The summed E-state index contributed by atoms with van der Waals surface area (Å²) in [6.07, 6.45) is 1.01. The van der Waals surface area contributed by atoms with Gasteiger partial charge in [0.2, 0.25) is 0 Å². The van der Waals surface area contributed by atoms with E-state index in [4.69, 9.17) is 4.74 Å². The summed E-state index contributed by atoms with van der Waals surface area (Å²) in [7, 11) is 0. The molecular formula is C17H16BrFO2. The summed E-state index contributed by atoms with van der Waals surface area (Å²) in [5.74, 6) is 0.440. The number of ketones is 1. The second-order valence-corrected chi connectivity index (χ2v) is 5.67. The predicted octanol–water partition coefficient (Wildman–Crippen LogP) is 4.94. The van der Waals surface area contributed by atoms with Gasteiger partial charge in [-0.15, -0.1) is 0 Å². The van der Waals surface area contributed by atoms with Crippen LogP contribution in [0.15, 0.2) is 46.9 Å². The first kappa shape index (κ1) is 15.7. The van der Waals surface area contributed by atoms with Gasteiger partial charge in [0.25, 0.3) is 0 Å². The highest BCUT2D eigenvalue weighted by Gasteiger charge is 2.06. The van der Waals surface area contributed by atoms with E-state index in [1.165, 1.54) is 24.3 Å². The number of ether oxygens (including phenoxy) is 1. The molecule has 0 heterocycles. The summed E-state index contributed by atoms with van der Waals surface area (Å²) in [5, 5.41) is 0. The maximum atomic E-state index is 12.8. The zero-order valence-corrected chi connectivity index (χ0v) is 13.3. The molecule has 0 bridgehead atoms. The van der Waals surface area contributed by atoms with E-state index in [1.54, 1.807) is 0 Å². The summed E-state index contributed by atoms with van der Waals surface area (Å²) in [6.45, 7) is 2.48. The summed E-state index contributed by atoms with van der Waals surface area (Å²) in [6, 6.07) is 11.5. The first-order valence-electron chi connectivity index (χ1n) is 6.74. The lowest BCUT2D eigenvalue weighted by atomic mass is 10.1. The fourth-order valence-electron chi connectivity index (χ4n) is 1.92. The van der Waals surface area contributed by atoms with Crippen molar-refractivity contribution >= 4 is 21.7 Å². The molecule has 21 heavy (non-hydrogen) atoms. The standard InChI is InChI=1S/C17H16BrFO2/c1-12-4-9-17(15(18)11-12)21-10-2-3-16(20)13-5-7-14(19)8-6-13/h4-9,11H,2-3,10H2,1H3. The Balaban J connectivity index is 1.79. The van der Waals surface area contributed by atoms with Crippen molar-refractivity contribution in [3.63, 3.8) is 0 Å². The van der Waals surface area contributed by atoms with Crippen molar-refractivity contribution in [1.29, 1.82) is 0 Å². The second-order valence-electron chi connectivity index (χ2n) is 4.82. The number of aryl methyl sites for hydroxylation is 1. The van der Waals surface area contributed by atoms with Gasteiger partial charge in [-0.3, -0.25) is 4.79 Å². The molecule has 0 atom stereocenters. The molecule has 0 saturated heterocycles. The monoisotopic (exact) mass is 350 g/mol. The Morgan fingerprint density at radius 3 is 2.57 bits per heavy atom. The molecule has 4 heteroatoms. The fourth-order valence-corrected chi connectivity index (χ4v) is 2.53. The zero-order chi connectivity index (χ0) is 15.2. The number of rotatable bonds is 6. The van der Waals surface area contributed by atoms with Gasteiger partial charge in [-0.1, -0.05) is 6.07 Å². The first-order valence-corrected chi connectivity index (χ1v) is 7.53. The van der Waals surface area contributed by atoms with Gasteiger partial charge in [-0.2, -0.15) is 0 Å². The maximum absolute atomic E-state index is 12.8. The topological polar surface area (TPSA) is 26.3 Å². The quantitative estimate of drug-likeness (QED) is 0.544. The van der Waals surface area contributed by atoms with E-state index in [-0.39, 0.29) is 11.6 Å². The minimum Gasteiger partial charge on any atom is -0.492 e. The van der Waals surface area contributed by atoms with Crippen LogP contribution in [0.3, 0.4) is 0 Å². The van der Waals surface area contributed by atoms with E-state index in [0.29, 0.717) is 25.0 Å². The van der Waals surface area contributed by atoms with Crippen LogP contribution in [-0.2, 0) is 0 Å². The number of hydrogen-bond acceptors (Lipinski definition) is 2. The van der Waals surface area contributed by atoms with Gasteiger partial charge < -0.3 is 4.74 Å². The molecule has 2 aromatic rings. The van der Waals surface area contributed by atoms with E-state index in [9.17, 15) is 9.18 Å². The third kappa shape index (κ3) is 4.67. The molecular weight excluding hydrogens is 335 g/mol. The third-order valence-corrected chi connectivity index (χ3v) is 3.68. The van der Waals surface area contributed by atoms with Crippen LogP contribution < -0.4 is 4.74 Å². The van der Waals surface area contributed by atoms with Crippen LogP contribution in [0.1, 0.15) is 28.8 Å². The molecule has 0 spiro atoms. The average molecular weight is 351 g/mol. The summed E-state index contributed by atoms with van der Waals surface area (Å²) in [5.41, 5.74) is 1.69. The van der Waals surface area contributed by atoms with Gasteiger partial charge in [0.1, 0.15) is 11.6 Å². The molecule has 0 saturated carbocycles. The molecule has 0 aliphatic heterocycles. The highest BCUT2D eigenvalue weighted by atomic mass is 79.9. The second kappa shape index (κ2) is 7.36. The molecule has 0 aromatic heterocycles. The Morgan fingerprint density at radius 2 is 1.90 bits per heavy atom. The van der Waals surface area contributed by atoms with Crippen molar-refractivity contribution in [3.8, 4) is 5.75 Å². The van der Waals surface area contributed by atoms with E-state index in [1.807, 2.05) is 25.1 Å². The lowest BCUT2D eigenvalue weighted by Gasteiger charge is -2.08. The largest absolute Gasteiger partial charge is 0.492 e. The van der Waals surface area contributed by atoms with Gasteiger partial charge in [-0.05, 0) is 71.2 Å². The number of halogens is 2. The van der Waals surface area contributed by atoms with Crippen LogP contribution in [0.5, 0.6) is 5.75 Å². The lowest BCUT2D eigenvalue weighted by Crippen LogP contribution is -2.04.